The van der Waals surface area contributed by atoms with Crippen molar-refractivity contribution < 1.29 is 14.3 Å². The molecule has 1 heterocycles. The molecule has 0 spiro atoms. The van der Waals surface area contributed by atoms with E-state index in [-0.39, 0.29) is 11.9 Å². The molecule has 26 heavy (non-hydrogen) atoms. The first-order chi connectivity index (χ1) is 12.6. The molecule has 3 rings (SSSR count). The summed E-state index contributed by atoms with van der Waals surface area (Å²) in [4.78, 5) is 15.7. The average molecular weight is 352 g/mol. The van der Waals surface area contributed by atoms with E-state index in [0.29, 0.717) is 30.4 Å². The van der Waals surface area contributed by atoms with Gasteiger partial charge in [0.25, 0.3) is 5.91 Å². The smallest absolute Gasteiger partial charge is 0.268 e. The Morgan fingerprint density at radius 1 is 1.04 bits per heavy atom. The van der Waals surface area contributed by atoms with Gasteiger partial charge in [-0.25, -0.2) is 0 Å². The van der Waals surface area contributed by atoms with Gasteiger partial charge in [0.15, 0.2) is 11.5 Å². The van der Waals surface area contributed by atoms with Crippen molar-refractivity contribution in [1.82, 2.24) is 10.3 Å². The summed E-state index contributed by atoms with van der Waals surface area (Å²) in [6, 6.07) is 15.3. The monoisotopic (exact) mass is 352 g/mol. The third kappa shape index (κ3) is 3.82. The van der Waals surface area contributed by atoms with Gasteiger partial charge in [-0.1, -0.05) is 24.3 Å². The van der Waals surface area contributed by atoms with E-state index in [2.05, 4.69) is 10.3 Å². The maximum Gasteiger partial charge on any atom is 0.268 e. The molecule has 1 aromatic heterocycles. The highest BCUT2D eigenvalue weighted by Gasteiger charge is 2.15. The lowest BCUT2D eigenvalue weighted by Gasteiger charge is -2.17. The number of H-pyrrole nitrogens is 1. The van der Waals surface area contributed by atoms with Crippen molar-refractivity contribution in [2.24, 2.45) is 0 Å². The second-order valence-electron chi connectivity index (χ2n) is 6.04. The highest BCUT2D eigenvalue weighted by atomic mass is 16.5. The molecular formula is C21H24N2O3. The number of rotatable bonds is 7. The zero-order valence-corrected chi connectivity index (χ0v) is 15.3. The van der Waals surface area contributed by atoms with Crippen molar-refractivity contribution in [3.63, 3.8) is 0 Å². The third-order valence-electron chi connectivity index (χ3n) is 4.19. The standard InChI is InChI=1S/C21H24N2O3/c1-4-25-19-11-10-15(13-20(19)26-5-2)14(3)22-21(24)18-12-16-8-6-7-9-17(16)23-18/h6-14,23H,4-5H2,1-3H3,(H,22,24). The predicted octanol–water partition coefficient (Wildman–Crippen LogP) is 4.46. The van der Waals surface area contributed by atoms with Crippen molar-refractivity contribution >= 4 is 16.8 Å². The first-order valence-corrected chi connectivity index (χ1v) is 8.90. The van der Waals surface area contributed by atoms with E-state index < -0.39 is 0 Å². The van der Waals surface area contributed by atoms with Gasteiger partial charge in [-0.2, -0.15) is 0 Å². The maximum absolute atomic E-state index is 12.6. The molecule has 0 aliphatic carbocycles. The first-order valence-electron chi connectivity index (χ1n) is 8.90. The number of aromatic amines is 1. The van der Waals surface area contributed by atoms with E-state index in [1.807, 2.05) is 69.3 Å². The molecule has 3 aromatic rings. The van der Waals surface area contributed by atoms with E-state index in [1.165, 1.54) is 0 Å². The summed E-state index contributed by atoms with van der Waals surface area (Å²) in [6.07, 6.45) is 0. The third-order valence-corrected chi connectivity index (χ3v) is 4.19. The van der Waals surface area contributed by atoms with Gasteiger partial charge in [0.2, 0.25) is 0 Å². The zero-order chi connectivity index (χ0) is 18.5. The van der Waals surface area contributed by atoms with E-state index >= 15 is 0 Å². The normalized spacial score (nSPS) is 12.0. The van der Waals surface area contributed by atoms with Crippen molar-refractivity contribution in [2.45, 2.75) is 26.8 Å². The second-order valence-corrected chi connectivity index (χ2v) is 6.04. The highest BCUT2D eigenvalue weighted by molar-refractivity contribution is 5.98. The molecule has 136 valence electrons. The number of amides is 1. The van der Waals surface area contributed by atoms with Crippen LogP contribution in [0.15, 0.2) is 48.5 Å². The van der Waals surface area contributed by atoms with E-state index in [4.69, 9.17) is 9.47 Å². The quantitative estimate of drug-likeness (QED) is 0.660. The number of nitrogens with one attached hydrogen (secondary N) is 2. The number of hydrogen-bond donors (Lipinski definition) is 2. The molecule has 0 saturated heterocycles. The van der Waals surface area contributed by atoms with Crippen LogP contribution < -0.4 is 14.8 Å². The Hall–Kier alpha value is -2.95. The number of benzene rings is 2. The summed E-state index contributed by atoms with van der Waals surface area (Å²) in [5.74, 6) is 1.27. The molecule has 2 aromatic carbocycles. The van der Waals surface area contributed by atoms with Crippen molar-refractivity contribution in [3.8, 4) is 11.5 Å². The minimum atomic E-state index is -0.163. The molecule has 2 N–H and O–H groups in total. The lowest BCUT2D eigenvalue weighted by molar-refractivity contribution is 0.0935. The van der Waals surface area contributed by atoms with Crippen molar-refractivity contribution in [3.05, 3.63) is 59.8 Å². The molecule has 0 aliphatic heterocycles. The van der Waals surface area contributed by atoms with Crippen LogP contribution in [0.4, 0.5) is 0 Å². The minimum Gasteiger partial charge on any atom is -0.490 e. The number of carbonyl (C=O) groups is 1. The molecular weight excluding hydrogens is 328 g/mol. The number of fused-ring (bicyclic) bond motifs is 1. The fourth-order valence-electron chi connectivity index (χ4n) is 2.89. The molecule has 1 atom stereocenters. The summed E-state index contributed by atoms with van der Waals surface area (Å²) >= 11 is 0. The molecule has 0 aliphatic rings. The Morgan fingerprint density at radius 3 is 2.50 bits per heavy atom. The van der Waals surface area contributed by atoms with Gasteiger partial charge in [-0.15, -0.1) is 0 Å². The van der Waals surface area contributed by atoms with Gasteiger partial charge in [0, 0.05) is 10.9 Å². The van der Waals surface area contributed by atoms with Gasteiger partial charge in [0.1, 0.15) is 5.69 Å². The van der Waals surface area contributed by atoms with E-state index in [9.17, 15) is 4.79 Å². The van der Waals surface area contributed by atoms with Crippen LogP contribution >= 0.6 is 0 Å². The highest BCUT2D eigenvalue weighted by Crippen LogP contribution is 2.30. The molecule has 5 nitrogen and oxygen atoms in total. The Labute approximate surface area is 153 Å². The second kappa shape index (κ2) is 7.95. The van der Waals surface area contributed by atoms with Crippen LogP contribution in [0.1, 0.15) is 42.9 Å². The van der Waals surface area contributed by atoms with Gasteiger partial charge in [-0.3, -0.25) is 4.79 Å². The lowest BCUT2D eigenvalue weighted by atomic mass is 10.1. The number of ether oxygens (including phenoxy) is 2. The Balaban J connectivity index is 1.77. The Kier molecular flexibility index (Phi) is 5.46. The maximum atomic E-state index is 12.6. The van der Waals surface area contributed by atoms with Crippen LogP contribution in [0, 0.1) is 0 Å². The fourth-order valence-corrected chi connectivity index (χ4v) is 2.89. The van der Waals surface area contributed by atoms with Gasteiger partial charge in [0.05, 0.1) is 19.3 Å². The van der Waals surface area contributed by atoms with Crippen molar-refractivity contribution in [2.75, 3.05) is 13.2 Å². The van der Waals surface area contributed by atoms with Crippen LogP contribution in [0.3, 0.4) is 0 Å². The summed E-state index contributed by atoms with van der Waals surface area (Å²) in [5, 5.41) is 4.05. The molecule has 0 saturated carbocycles. The van der Waals surface area contributed by atoms with E-state index in [1.54, 1.807) is 0 Å². The fraction of sp³-hybridized carbons (Fsp3) is 0.286. The minimum absolute atomic E-state index is 0.138. The van der Waals surface area contributed by atoms with Crippen LogP contribution in [-0.2, 0) is 0 Å². The molecule has 1 unspecified atom stereocenters. The predicted molar refractivity (Wildman–Crippen MR) is 103 cm³/mol. The summed E-state index contributed by atoms with van der Waals surface area (Å²) < 4.78 is 11.3. The lowest BCUT2D eigenvalue weighted by Crippen LogP contribution is -2.26. The summed E-state index contributed by atoms with van der Waals surface area (Å²) in [6.45, 7) is 6.95. The van der Waals surface area contributed by atoms with Crippen LogP contribution in [0.5, 0.6) is 11.5 Å². The van der Waals surface area contributed by atoms with Crippen LogP contribution in [0.2, 0.25) is 0 Å². The summed E-state index contributed by atoms with van der Waals surface area (Å²) in [5.41, 5.74) is 2.46. The number of para-hydroxylation sites is 1. The van der Waals surface area contributed by atoms with Gasteiger partial charge in [-0.05, 0) is 50.6 Å². The first kappa shape index (κ1) is 17.9. The molecule has 0 fully saturated rings. The van der Waals surface area contributed by atoms with Gasteiger partial charge >= 0.3 is 0 Å². The topological polar surface area (TPSA) is 63.3 Å². The molecule has 0 bridgehead atoms. The average Bonchev–Trinajstić information content (AvgIpc) is 3.08. The largest absolute Gasteiger partial charge is 0.490 e. The Morgan fingerprint density at radius 2 is 1.77 bits per heavy atom. The van der Waals surface area contributed by atoms with Crippen LogP contribution in [0.25, 0.3) is 10.9 Å². The molecule has 0 radical (unpaired) electrons. The zero-order valence-electron chi connectivity index (χ0n) is 15.3. The SMILES string of the molecule is CCOc1ccc(C(C)NC(=O)c2cc3ccccc3[nH]2)cc1OCC. The number of carbonyl (C=O) groups excluding carboxylic acids is 1. The van der Waals surface area contributed by atoms with Crippen LogP contribution in [-0.4, -0.2) is 24.1 Å². The van der Waals surface area contributed by atoms with Gasteiger partial charge < -0.3 is 19.8 Å². The number of hydrogen-bond acceptors (Lipinski definition) is 3. The summed E-state index contributed by atoms with van der Waals surface area (Å²) in [7, 11) is 0. The molecule has 5 heteroatoms. The van der Waals surface area contributed by atoms with E-state index in [0.717, 1.165) is 16.5 Å². The number of aromatic nitrogens is 1. The molecule has 1 amide bonds. The Bertz CT molecular complexity index is 868. The van der Waals surface area contributed by atoms with Crippen molar-refractivity contribution in [1.29, 1.82) is 0 Å².